The van der Waals surface area contributed by atoms with Crippen LogP contribution in [0.25, 0.3) is 0 Å². The van der Waals surface area contributed by atoms with Crippen LogP contribution in [0.2, 0.25) is 0 Å². The molecule has 6 nitrogen and oxygen atoms in total. The number of nitrogens with two attached hydrogens (primary N) is 1. The smallest absolute Gasteiger partial charge is 0.337 e. The van der Waals surface area contributed by atoms with Gasteiger partial charge < -0.3 is 20.5 Å². The first kappa shape index (κ1) is 12.2. The maximum absolute atomic E-state index is 11.0. The van der Waals surface area contributed by atoms with E-state index in [9.17, 15) is 4.79 Å². The zero-order valence-electron chi connectivity index (χ0n) is 9.67. The number of carbonyl (C=O) groups is 1. The molecule has 1 aliphatic rings. The minimum absolute atomic E-state index is 0.0764. The fourth-order valence-electron chi connectivity index (χ4n) is 1.89. The fourth-order valence-corrected chi connectivity index (χ4v) is 1.89. The highest BCUT2D eigenvalue weighted by atomic mass is 16.5. The number of aromatic carboxylic acids is 1. The van der Waals surface area contributed by atoms with Gasteiger partial charge in [-0.2, -0.15) is 5.26 Å². The second kappa shape index (κ2) is 4.94. The van der Waals surface area contributed by atoms with E-state index in [-0.39, 0.29) is 11.3 Å². The Hall–Kier alpha value is -2.26. The van der Waals surface area contributed by atoms with Crippen molar-refractivity contribution in [3.05, 3.63) is 23.8 Å². The standard InChI is InChI=1S/C12H13N3O3/c13-6-9-7-15(3-4-18-9)8-1-2-11(14)10(5-8)12(16)17/h1-2,5,9H,3-4,7,14H2,(H,16,17). The first-order valence-corrected chi connectivity index (χ1v) is 5.51. The molecule has 1 aromatic rings. The number of nitriles is 1. The first-order valence-electron chi connectivity index (χ1n) is 5.51. The largest absolute Gasteiger partial charge is 0.478 e. The van der Waals surface area contributed by atoms with Crippen molar-refractivity contribution in [2.24, 2.45) is 0 Å². The molecule has 1 aromatic carbocycles. The monoisotopic (exact) mass is 247 g/mol. The highest BCUT2D eigenvalue weighted by Crippen LogP contribution is 2.23. The molecule has 0 aromatic heterocycles. The van der Waals surface area contributed by atoms with E-state index >= 15 is 0 Å². The van der Waals surface area contributed by atoms with Crippen LogP contribution in [-0.2, 0) is 4.74 Å². The topological polar surface area (TPSA) is 99.6 Å². The molecule has 1 fully saturated rings. The van der Waals surface area contributed by atoms with E-state index in [1.54, 1.807) is 12.1 Å². The number of anilines is 2. The van der Waals surface area contributed by atoms with E-state index in [1.807, 2.05) is 11.0 Å². The molecule has 0 bridgehead atoms. The van der Waals surface area contributed by atoms with Crippen molar-refractivity contribution in [1.29, 1.82) is 5.26 Å². The number of carboxylic acids is 1. The quantitative estimate of drug-likeness (QED) is 0.746. The summed E-state index contributed by atoms with van der Waals surface area (Å²) in [7, 11) is 0. The van der Waals surface area contributed by atoms with Gasteiger partial charge in [-0.3, -0.25) is 0 Å². The lowest BCUT2D eigenvalue weighted by Gasteiger charge is -2.31. The van der Waals surface area contributed by atoms with Crippen LogP contribution in [0.3, 0.4) is 0 Å². The van der Waals surface area contributed by atoms with Gasteiger partial charge >= 0.3 is 5.97 Å². The molecule has 18 heavy (non-hydrogen) atoms. The molecule has 1 saturated heterocycles. The van der Waals surface area contributed by atoms with Gasteiger partial charge in [-0.15, -0.1) is 0 Å². The van der Waals surface area contributed by atoms with Gasteiger partial charge in [0.05, 0.1) is 24.8 Å². The summed E-state index contributed by atoms with van der Waals surface area (Å²) in [6.07, 6.45) is -0.482. The number of hydrogen-bond acceptors (Lipinski definition) is 5. The number of carboxylic acid groups (broad SMARTS) is 1. The molecule has 0 saturated carbocycles. The summed E-state index contributed by atoms with van der Waals surface area (Å²) in [4.78, 5) is 12.9. The van der Waals surface area contributed by atoms with Gasteiger partial charge in [-0.1, -0.05) is 0 Å². The minimum Gasteiger partial charge on any atom is -0.478 e. The predicted molar refractivity (Wildman–Crippen MR) is 65.4 cm³/mol. The van der Waals surface area contributed by atoms with Crippen molar-refractivity contribution >= 4 is 17.3 Å². The number of rotatable bonds is 2. The number of nitrogen functional groups attached to an aromatic ring is 1. The summed E-state index contributed by atoms with van der Waals surface area (Å²) in [5.74, 6) is -1.06. The maximum Gasteiger partial charge on any atom is 0.337 e. The molecule has 94 valence electrons. The Labute approximate surface area is 104 Å². The molecule has 1 unspecified atom stereocenters. The molecule has 0 spiro atoms. The lowest BCUT2D eigenvalue weighted by molar-refractivity contribution is 0.0698. The summed E-state index contributed by atoms with van der Waals surface area (Å²) < 4.78 is 5.24. The van der Waals surface area contributed by atoms with Gasteiger partial charge in [0.1, 0.15) is 0 Å². The van der Waals surface area contributed by atoms with Gasteiger partial charge in [-0.05, 0) is 18.2 Å². The molecule has 0 radical (unpaired) electrons. The molecule has 0 amide bonds. The van der Waals surface area contributed by atoms with Crippen LogP contribution in [0.1, 0.15) is 10.4 Å². The van der Waals surface area contributed by atoms with Crippen LogP contribution in [0.15, 0.2) is 18.2 Å². The van der Waals surface area contributed by atoms with Crippen LogP contribution in [0.4, 0.5) is 11.4 Å². The van der Waals surface area contributed by atoms with Crippen molar-refractivity contribution < 1.29 is 14.6 Å². The first-order chi connectivity index (χ1) is 8.61. The van der Waals surface area contributed by atoms with Crippen molar-refractivity contribution in [2.45, 2.75) is 6.10 Å². The average molecular weight is 247 g/mol. The molecule has 6 heteroatoms. The van der Waals surface area contributed by atoms with E-state index in [0.717, 1.165) is 5.69 Å². The van der Waals surface area contributed by atoms with Crippen LogP contribution >= 0.6 is 0 Å². The lowest BCUT2D eigenvalue weighted by atomic mass is 10.1. The number of hydrogen-bond donors (Lipinski definition) is 2. The van der Waals surface area contributed by atoms with E-state index in [2.05, 4.69) is 0 Å². The average Bonchev–Trinajstić information content (AvgIpc) is 2.39. The molecule has 2 rings (SSSR count). The van der Waals surface area contributed by atoms with E-state index in [1.165, 1.54) is 6.07 Å². The molecular formula is C12H13N3O3. The van der Waals surface area contributed by atoms with Crippen molar-refractivity contribution in [3.63, 3.8) is 0 Å². The molecular weight excluding hydrogens is 234 g/mol. The Bertz CT molecular complexity index is 510. The van der Waals surface area contributed by atoms with Crippen molar-refractivity contribution in [3.8, 4) is 6.07 Å². The van der Waals surface area contributed by atoms with Gasteiger partial charge in [0, 0.05) is 17.9 Å². The van der Waals surface area contributed by atoms with Crippen LogP contribution in [-0.4, -0.2) is 36.9 Å². The molecule has 1 heterocycles. The Morgan fingerprint density at radius 3 is 3.06 bits per heavy atom. The van der Waals surface area contributed by atoms with E-state index < -0.39 is 12.1 Å². The van der Waals surface area contributed by atoms with Gasteiger partial charge in [0.2, 0.25) is 0 Å². The second-order valence-electron chi connectivity index (χ2n) is 4.01. The molecule has 0 aliphatic carbocycles. The number of nitrogens with zero attached hydrogens (tertiary/aromatic N) is 2. The van der Waals surface area contributed by atoms with Crippen LogP contribution < -0.4 is 10.6 Å². The summed E-state index contributed by atoms with van der Waals surface area (Å²) in [6, 6.07) is 6.89. The maximum atomic E-state index is 11.0. The lowest BCUT2D eigenvalue weighted by Crippen LogP contribution is -2.41. The summed E-state index contributed by atoms with van der Waals surface area (Å²) >= 11 is 0. The molecule has 1 aliphatic heterocycles. The number of benzene rings is 1. The Morgan fingerprint density at radius 1 is 1.61 bits per heavy atom. The van der Waals surface area contributed by atoms with Crippen LogP contribution in [0, 0.1) is 11.3 Å². The Balaban J connectivity index is 2.26. The summed E-state index contributed by atoms with van der Waals surface area (Å²) in [5.41, 5.74) is 6.65. The van der Waals surface area contributed by atoms with Crippen molar-refractivity contribution in [2.75, 3.05) is 30.3 Å². The van der Waals surface area contributed by atoms with Crippen LogP contribution in [0.5, 0.6) is 0 Å². The van der Waals surface area contributed by atoms with Gasteiger partial charge in [-0.25, -0.2) is 4.79 Å². The highest BCUT2D eigenvalue weighted by molar-refractivity contribution is 5.94. The Kier molecular flexibility index (Phi) is 3.35. The van der Waals surface area contributed by atoms with E-state index in [4.69, 9.17) is 20.8 Å². The third-order valence-corrected chi connectivity index (χ3v) is 2.84. The normalized spacial score (nSPS) is 19.3. The zero-order valence-corrected chi connectivity index (χ0v) is 9.67. The summed E-state index contributed by atoms with van der Waals surface area (Å²) in [5, 5.41) is 17.8. The third-order valence-electron chi connectivity index (χ3n) is 2.84. The number of morpholine rings is 1. The molecule has 1 atom stereocenters. The van der Waals surface area contributed by atoms with Crippen molar-refractivity contribution in [1.82, 2.24) is 0 Å². The Morgan fingerprint density at radius 2 is 2.39 bits per heavy atom. The van der Waals surface area contributed by atoms with Gasteiger partial charge in [0.25, 0.3) is 0 Å². The highest BCUT2D eigenvalue weighted by Gasteiger charge is 2.21. The number of ether oxygens (including phenoxy) is 1. The van der Waals surface area contributed by atoms with Gasteiger partial charge in [0.15, 0.2) is 6.10 Å². The predicted octanol–water partition coefficient (Wildman–Crippen LogP) is 0.696. The van der Waals surface area contributed by atoms with E-state index in [0.29, 0.717) is 19.7 Å². The fraction of sp³-hybridized carbons (Fsp3) is 0.333. The summed E-state index contributed by atoms with van der Waals surface area (Å²) in [6.45, 7) is 1.51. The zero-order chi connectivity index (χ0) is 13.1. The second-order valence-corrected chi connectivity index (χ2v) is 4.01. The SMILES string of the molecule is N#CC1CN(c2ccc(N)c(C(=O)O)c2)CCO1. The molecule has 3 N–H and O–H groups in total. The minimum atomic E-state index is -1.06. The third kappa shape index (κ3) is 2.36.